The third-order valence-corrected chi connectivity index (χ3v) is 8.61. The molecule has 4 aromatic carbocycles. The second kappa shape index (κ2) is 13.5. The summed E-state index contributed by atoms with van der Waals surface area (Å²) in [6.45, 7) is 1.82. The van der Waals surface area contributed by atoms with E-state index in [9.17, 15) is 28.0 Å². The van der Waals surface area contributed by atoms with Gasteiger partial charge in [0.25, 0.3) is 11.5 Å². The molecule has 0 unspecified atom stereocenters. The number of nitrogens with one attached hydrogen (secondary N) is 1. The van der Waals surface area contributed by atoms with Gasteiger partial charge in [0, 0.05) is 23.0 Å². The standard InChI is InChI=1S/C37H26F3N5O3S/c1-23-9-8-10-26(19-23)42-34(46)29(21-41)36-45(31-14-7-6-13-30(31)37(38,39)40)35(47)32(49-36)20-25-22-44(27-11-4-3-5-12-27)43-33(25)24-15-17-28(48-2)18-16-24/h3-20,22H,1-2H3,(H,42,46)/b32-20-,36-29+. The van der Waals surface area contributed by atoms with E-state index in [1.165, 1.54) is 18.2 Å². The number of carbonyl (C=O) groups excluding carboxylic acids is 1. The van der Waals surface area contributed by atoms with E-state index in [-0.39, 0.29) is 9.20 Å². The zero-order valence-electron chi connectivity index (χ0n) is 26.0. The van der Waals surface area contributed by atoms with Crippen molar-refractivity contribution in [1.29, 1.82) is 5.26 Å². The molecule has 0 spiro atoms. The maximum Gasteiger partial charge on any atom is 0.418 e. The summed E-state index contributed by atoms with van der Waals surface area (Å²) in [5.41, 5.74) is 0.579. The van der Waals surface area contributed by atoms with Crippen molar-refractivity contribution in [2.75, 3.05) is 12.4 Å². The van der Waals surface area contributed by atoms with Crippen LogP contribution in [0, 0.1) is 18.3 Å². The fourth-order valence-corrected chi connectivity index (χ4v) is 6.30. The molecule has 12 heteroatoms. The first-order valence-corrected chi connectivity index (χ1v) is 15.6. The maximum absolute atomic E-state index is 14.3. The predicted molar refractivity (Wildman–Crippen MR) is 182 cm³/mol. The highest BCUT2D eigenvalue weighted by Crippen LogP contribution is 2.33. The number of aromatic nitrogens is 3. The molecule has 2 aromatic heterocycles. The number of thiazole rings is 1. The van der Waals surface area contributed by atoms with E-state index in [2.05, 4.69) is 5.32 Å². The minimum Gasteiger partial charge on any atom is -0.497 e. The van der Waals surface area contributed by atoms with Crippen molar-refractivity contribution in [3.05, 3.63) is 146 Å². The number of methoxy groups -OCH3 is 1. The number of amides is 1. The molecule has 0 bridgehead atoms. The van der Waals surface area contributed by atoms with Gasteiger partial charge in [0.05, 0.1) is 28.6 Å². The Hall–Kier alpha value is -6.19. The summed E-state index contributed by atoms with van der Waals surface area (Å²) in [7, 11) is 1.54. The average molecular weight is 678 g/mol. The fraction of sp³-hybridized carbons (Fsp3) is 0.0811. The smallest absolute Gasteiger partial charge is 0.418 e. The summed E-state index contributed by atoms with van der Waals surface area (Å²) in [5.74, 6) is -0.260. The molecule has 0 aliphatic rings. The third-order valence-electron chi connectivity index (χ3n) is 7.52. The fourth-order valence-electron chi connectivity index (χ4n) is 5.21. The molecule has 49 heavy (non-hydrogen) atoms. The Bertz CT molecular complexity index is 2410. The zero-order chi connectivity index (χ0) is 34.7. The Labute approximate surface area is 281 Å². The van der Waals surface area contributed by atoms with Crippen LogP contribution in [0.2, 0.25) is 0 Å². The second-order valence-electron chi connectivity index (χ2n) is 10.8. The van der Waals surface area contributed by atoms with Crippen molar-refractivity contribution >= 4 is 34.6 Å². The molecule has 1 amide bonds. The van der Waals surface area contributed by atoms with Crippen LogP contribution in [0.3, 0.4) is 0 Å². The van der Waals surface area contributed by atoms with Crippen LogP contribution >= 0.6 is 11.3 Å². The van der Waals surface area contributed by atoms with E-state index in [0.29, 0.717) is 28.3 Å². The lowest BCUT2D eigenvalue weighted by Gasteiger charge is -2.13. The van der Waals surface area contributed by atoms with Crippen molar-refractivity contribution in [1.82, 2.24) is 14.3 Å². The van der Waals surface area contributed by atoms with E-state index in [0.717, 1.165) is 39.3 Å². The quantitative estimate of drug-likeness (QED) is 0.216. The number of para-hydroxylation sites is 2. The number of carbonyl (C=O) groups is 1. The molecule has 0 fully saturated rings. The van der Waals surface area contributed by atoms with Gasteiger partial charge in [-0.15, -0.1) is 11.3 Å². The van der Waals surface area contributed by atoms with Crippen LogP contribution in [0.15, 0.2) is 114 Å². The Kier molecular flexibility index (Phi) is 9.02. The van der Waals surface area contributed by atoms with Crippen LogP contribution in [-0.2, 0) is 11.0 Å². The Morgan fingerprint density at radius 3 is 2.37 bits per heavy atom. The number of ether oxygens (including phenoxy) is 1. The first-order valence-electron chi connectivity index (χ1n) is 14.8. The first-order chi connectivity index (χ1) is 23.6. The molecule has 1 N–H and O–H groups in total. The van der Waals surface area contributed by atoms with Crippen LogP contribution in [0.1, 0.15) is 16.7 Å². The van der Waals surface area contributed by atoms with Gasteiger partial charge in [-0.25, -0.2) is 4.68 Å². The van der Waals surface area contributed by atoms with Gasteiger partial charge in [0.15, 0.2) is 5.57 Å². The normalized spacial score (nSPS) is 12.4. The van der Waals surface area contributed by atoms with E-state index in [1.807, 2.05) is 49.4 Å². The van der Waals surface area contributed by atoms with Crippen molar-refractivity contribution in [3.8, 4) is 34.5 Å². The number of nitrogens with zero attached hydrogens (tertiary/aromatic N) is 4. The van der Waals surface area contributed by atoms with Crippen molar-refractivity contribution < 1.29 is 22.7 Å². The van der Waals surface area contributed by atoms with Crippen LogP contribution in [0.4, 0.5) is 18.9 Å². The Morgan fingerprint density at radius 2 is 1.69 bits per heavy atom. The summed E-state index contributed by atoms with van der Waals surface area (Å²) in [5, 5.41) is 17.6. The van der Waals surface area contributed by atoms with E-state index < -0.39 is 34.5 Å². The molecule has 8 nitrogen and oxygen atoms in total. The number of aryl methyl sites for hydroxylation is 1. The Morgan fingerprint density at radius 1 is 0.980 bits per heavy atom. The number of anilines is 1. The van der Waals surface area contributed by atoms with E-state index in [1.54, 1.807) is 60.5 Å². The number of nitriles is 1. The number of alkyl halides is 3. The lowest BCUT2D eigenvalue weighted by molar-refractivity contribution is -0.137. The number of rotatable bonds is 7. The van der Waals surface area contributed by atoms with Crippen LogP contribution in [0.25, 0.3) is 34.3 Å². The van der Waals surface area contributed by atoms with Gasteiger partial charge < -0.3 is 10.1 Å². The van der Waals surface area contributed by atoms with Gasteiger partial charge in [-0.2, -0.15) is 23.5 Å². The molecule has 0 radical (unpaired) electrons. The predicted octanol–water partition coefficient (Wildman–Crippen LogP) is 6.23. The van der Waals surface area contributed by atoms with Gasteiger partial charge in [-0.05, 0) is 79.2 Å². The molecule has 0 aliphatic carbocycles. The minimum atomic E-state index is -4.84. The molecule has 244 valence electrons. The van der Waals surface area contributed by atoms with Crippen molar-refractivity contribution in [2.24, 2.45) is 0 Å². The maximum atomic E-state index is 14.3. The second-order valence-corrected chi connectivity index (χ2v) is 11.9. The zero-order valence-corrected chi connectivity index (χ0v) is 26.8. The number of hydrogen-bond donors (Lipinski definition) is 1. The summed E-state index contributed by atoms with van der Waals surface area (Å²) < 4.78 is 50.3. The highest BCUT2D eigenvalue weighted by molar-refractivity contribution is 7.07. The molecule has 0 atom stereocenters. The summed E-state index contributed by atoms with van der Waals surface area (Å²) in [4.78, 5) is 27.7. The lowest BCUT2D eigenvalue weighted by atomic mass is 10.1. The SMILES string of the molecule is COc1ccc(-c2nn(-c3ccccc3)cc2/C=c2\s/c(=C(\C#N)C(=O)Nc3cccc(C)c3)n(-c3ccccc3C(F)(F)F)c2=O)cc1. The molecular weight excluding hydrogens is 652 g/mol. The molecule has 2 heterocycles. The summed E-state index contributed by atoms with van der Waals surface area (Å²) in [6.07, 6.45) is -1.64. The van der Waals surface area contributed by atoms with Gasteiger partial charge in [-0.3, -0.25) is 14.2 Å². The topological polar surface area (TPSA) is 102 Å². The van der Waals surface area contributed by atoms with Crippen LogP contribution in [-0.4, -0.2) is 27.4 Å². The molecule has 6 aromatic rings. The number of hydrogen-bond acceptors (Lipinski definition) is 6. The van der Waals surface area contributed by atoms with E-state index >= 15 is 0 Å². The highest BCUT2D eigenvalue weighted by atomic mass is 32.1. The largest absolute Gasteiger partial charge is 0.497 e. The van der Waals surface area contributed by atoms with Crippen molar-refractivity contribution in [3.63, 3.8) is 0 Å². The van der Waals surface area contributed by atoms with Gasteiger partial charge in [0.2, 0.25) is 0 Å². The highest BCUT2D eigenvalue weighted by Gasteiger charge is 2.34. The average Bonchev–Trinajstić information content (AvgIpc) is 3.66. The Balaban J connectivity index is 1.64. The molecule has 0 aliphatic heterocycles. The lowest BCUT2D eigenvalue weighted by Crippen LogP contribution is -2.33. The van der Waals surface area contributed by atoms with Gasteiger partial charge in [0.1, 0.15) is 22.2 Å². The molecule has 6 rings (SSSR count). The van der Waals surface area contributed by atoms with Crippen LogP contribution < -0.4 is 24.8 Å². The third kappa shape index (κ3) is 6.79. The molecule has 0 saturated carbocycles. The van der Waals surface area contributed by atoms with Gasteiger partial charge >= 0.3 is 6.18 Å². The molecular formula is C37H26F3N5O3S. The van der Waals surface area contributed by atoms with Crippen molar-refractivity contribution in [2.45, 2.75) is 13.1 Å². The minimum absolute atomic E-state index is 0.0227. The number of benzene rings is 4. The van der Waals surface area contributed by atoms with Gasteiger partial charge in [-0.1, -0.05) is 42.5 Å². The summed E-state index contributed by atoms with van der Waals surface area (Å²) >= 11 is 0.735. The number of halogens is 3. The monoisotopic (exact) mass is 677 g/mol. The molecule has 0 saturated heterocycles. The first kappa shape index (κ1) is 32.7. The van der Waals surface area contributed by atoms with E-state index in [4.69, 9.17) is 9.84 Å². The van der Waals surface area contributed by atoms with Crippen LogP contribution in [0.5, 0.6) is 5.75 Å². The summed E-state index contributed by atoms with van der Waals surface area (Å²) in [6, 6.07) is 29.5.